The van der Waals surface area contributed by atoms with E-state index in [9.17, 15) is 0 Å². The Hall–Kier alpha value is -1.51. The molecule has 26 heavy (non-hydrogen) atoms. The predicted molar refractivity (Wildman–Crippen MR) is 113 cm³/mol. The number of nitrogens with one attached hydrogen (secondary N) is 2. The van der Waals surface area contributed by atoms with Gasteiger partial charge in [-0.15, -0.1) is 24.0 Å². The fraction of sp³-hybridized carbons (Fsp3) is 0.579. The summed E-state index contributed by atoms with van der Waals surface area (Å²) in [6, 6.07) is 4.40. The van der Waals surface area contributed by atoms with Gasteiger partial charge in [0.2, 0.25) is 5.89 Å². The maximum atomic E-state index is 5.63. The van der Waals surface area contributed by atoms with E-state index in [4.69, 9.17) is 8.83 Å². The molecule has 2 N–H and O–H groups in total. The van der Waals surface area contributed by atoms with E-state index < -0.39 is 0 Å². The van der Waals surface area contributed by atoms with Crippen LogP contribution in [0.2, 0.25) is 0 Å². The van der Waals surface area contributed by atoms with Crippen molar-refractivity contribution in [2.75, 3.05) is 6.54 Å². The molecule has 1 aliphatic rings. The largest absolute Gasteiger partial charge is 0.469 e. The van der Waals surface area contributed by atoms with Gasteiger partial charge in [0.15, 0.2) is 5.96 Å². The summed E-state index contributed by atoms with van der Waals surface area (Å²) >= 11 is 0. The Morgan fingerprint density at radius 2 is 2.08 bits per heavy atom. The second-order valence-electron chi connectivity index (χ2n) is 6.65. The van der Waals surface area contributed by atoms with Crippen molar-refractivity contribution >= 4 is 29.9 Å². The number of nitrogens with zero attached hydrogens (tertiary/aromatic N) is 2. The van der Waals surface area contributed by atoms with E-state index >= 15 is 0 Å². The number of rotatable bonds is 6. The van der Waals surface area contributed by atoms with Crippen LogP contribution >= 0.6 is 24.0 Å². The van der Waals surface area contributed by atoms with Crippen LogP contribution in [0.15, 0.2) is 32.2 Å². The molecule has 1 fully saturated rings. The zero-order chi connectivity index (χ0) is 17.5. The molecule has 0 unspecified atom stereocenters. The lowest BCUT2D eigenvalue weighted by Gasteiger charge is -2.25. The topological polar surface area (TPSA) is 75.6 Å². The van der Waals surface area contributed by atoms with E-state index in [1.54, 1.807) is 6.26 Å². The van der Waals surface area contributed by atoms with E-state index in [-0.39, 0.29) is 24.0 Å². The van der Waals surface area contributed by atoms with Crippen molar-refractivity contribution in [2.24, 2.45) is 4.99 Å². The predicted octanol–water partition coefficient (Wildman–Crippen LogP) is 4.11. The summed E-state index contributed by atoms with van der Waals surface area (Å²) in [6.45, 7) is 5.10. The van der Waals surface area contributed by atoms with Crippen LogP contribution in [0.3, 0.4) is 0 Å². The van der Waals surface area contributed by atoms with Crippen molar-refractivity contribution in [1.82, 2.24) is 15.6 Å². The van der Waals surface area contributed by atoms with Crippen molar-refractivity contribution in [3.63, 3.8) is 0 Å². The lowest BCUT2D eigenvalue weighted by atomic mass is 9.96. The average molecular weight is 472 g/mol. The van der Waals surface area contributed by atoms with E-state index in [2.05, 4.69) is 20.6 Å². The molecule has 0 radical (unpaired) electrons. The Balaban J connectivity index is 0.00000243. The first kappa shape index (κ1) is 20.8. The van der Waals surface area contributed by atoms with Crippen molar-refractivity contribution in [3.05, 3.63) is 41.5 Å². The van der Waals surface area contributed by atoms with Crippen LogP contribution in [-0.4, -0.2) is 23.5 Å². The molecule has 7 heteroatoms. The third-order valence-corrected chi connectivity index (χ3v) is 4.64. The third kappa shape index (κ3) is 6.34. The third-order valence-electron chi connectivity index (χ3n) is 4.64. The van der Waals surface area contributed by atoms with Gasteiger partial charge in [0, 0.05) is 19.0 Å². The van der Waals surface area contributed by atoms with Gasteiger partial charge in [-0.25, -0.2) is 9.98 Å². The van der Waals surface area contributed by atoms with Gasteiger partial charge < -0.3 is 19.5 Å². The first-order chi connectivity index (χ1) is 12.2. The van der Waals surface area contributed by atoms with E-state index in [0.29, 0.717) is 18.5 Å². The summed E-state index contributed by atoms with van der Waals surface area (Å²) in [5, 5.41) is 6.97. The number of hydrogen-bond donors (Lipinski definition) is 2. The first-order valence-corrected chi connectivity index (χ1v) is 9.21. The SMILES string of the molecule is Cc1nc(CN=C(NCCc2ccco2)NC2CCCCC2)oc1C.I. The van der Waals surface area contributed by atoms with E-state index in [1.807, 2.05) is 26.0 Å². The average Bonchev–Trinajstić information content (AvgIpc) is 3.24. The van der Waals surface area contributed by atoms with Gasteiger partial charge in [0.05, 0.1) is 12.0 Å². The first-order valence-electron chi connectivity index (χ1n) is 9.21. The zero-order valence-electron chi connectivity index (χ0n) is 15.6. The van der Waals surface area contributed by atoms with Gasteiger partial charge in [-0.2, -0.15) is 0 Å². The highest BCUT2D eigenvalue weighted by atomic mass is 127. The number of furan rings is 1. The molecule has 2 heterocycles. The fourth-order valence-electron chi connectivity index (χ4n) is 3.11. The Morgan fingerprint density at radius 1 is 1.27 bits per heavy atom. The van der Waals surface area contributed by atoms with Gasteiger partial charge in [0.25, 0.3) is 0 Å². The summed E-state index contributed by atoms with van der Waals surface area (Å²) in [5.41, 5.74) is 0.928. The Bertz CT molecular complexity index is 656. The normalized spacial score (nSPS) is 15.5. The quantitative estimate of drug-likeness (QED) is 0.376. The Kier molecular flexibility index (Phi) is 8.47. The molecule has 6 nitrogen and oxygen atoms in total. The van der Waals surface area contributed by atoms with Crippen LogP contribution in [-0.2, 0) is 13.0 Å². The van der Waals surface area contributed by atoms with Crippen LogP contribution in [0.1, 0.15) is 55.2 Å². The molecule has 0 aliphatic heterocycles. The summed E-state index contributed by atoms with van der Waals surface area (Å²) in [6.07, 6.45) is 8.86. The van der Waals surface area contributed by atoms with Gasteiger partial charge in [0.1, 0.15) is 18.1 Å². The highest BCUT2D eigenvalue weighted by molar-refractivity contribution is 14.0. The molecule has 0 spiro atoms. The lowest BCUT2D eigenvalue weighted by molar-refractivity contribution is 0.409. The second-order valence-corrected chi connectivity index (χ2v) is 6.65. The highest BCUT2D eigenvalue weighted by Gasteiger charge is 2.15. The molecular formula is C19H29IN4O2. The van der Waals surface area contributed by atoms with Crippen molar-refractivity contribution in [2.45, 2.75) is 65.0 Å². The molecule has 1 aliphatic carbocycles. The molecule has 2 aromatic heterocycles. The summed E-state index contributed by atoms with van der Waals surface area (Å²) in [7, 11) is 0. The van der Waals surface area contributed by atoms with Crippen LogP contribution in [0.25, 0.3) is 0 Å². The van der Waals surface area contributed by atoms with E-state index in [1.165, 1.54) is 32.1 Å². The minimum absolute atomic E-state index is 0. The Morgan fingerprint density at radius 3 is 2.73 bits per heavy atom. The van der Waals surface area contributed by atoms with Crippen LogP contribution in [0, 0.1) is 13.8 Å². The minimum Gasteiger partial charge on any atom is -0.469 e. The number of halogens is 1. The number of aryl methyl sites for hydroxylation is 2. The van der Waals surface area contributed by atoms with Crippen LogP contribution in [0.4, 0.5) is 0 Å². The summed E-state index contributed by atoms with van der Waals surface area (Å²) in [5.74, 6) is 3.32. The maximum absolute atomic E-state index is 5.63. The standard InChI is InChI=1S/C19H28N4O2.HI/c1-14-15(2)25-18(22-14)13-21-19(23-16-7-4-3-5-8-16)20-11-10-17-9-6-12-24-17;/h6,9,12,16H,3-5,7-8,10-11,13H2,1-2H3,(H2,20,21,23);1H. The molecule has 0 saturated heterocycles. The fourth-order valence-corrected chi connectivity index (χ4v) is 3.11. The summed E-state index contributed by atoms with van der Waals surface area (Å²) < 4.78 is 11.0. The maximum Gasteiger partial charge on any atom is 0.216 e. The number of aliphatic imine (C=N–C) groups is 1. The second kappa shape index (κ2) is 10.6. The van der Waals surface area contributed by atoms with Gasteiger partial charge >= 0.3 is 0 Å². The number of guanidine groups is 1. The monoisotopic (exact) mass is 472 g/mol. The minimum atomic E-state index is 0. The molecule has 1 saturated carbocycles. The number of aromatic nitrogens is 1. The van der Waals surface area contributed by atoms with Gasteiger partial charge in [-0.3, -0.25) is 0 Å². The number of oxazole rings is 1. The highest BCUT2D eigenvalue weighted by Crippen LogP contribution is 2.17. The molecule has 0 bridgehead atoms. The van der Waals surface area contributed by atoms with Gasteiger partial charge in [-0.05, 0) is 38.8 Å². The zero-order valence-corrected chi connectivity index (χ0v) is 17.9. The van der Waals surface area contributed by atoms with Crippen LogP contribution < -0.4 is 10.6 Å². The van der Waals surface area contributed by atoms with Gasteiger partial charge in [-0.1, -0.05) is 19.3 Å². The molecule has 0 aromatic carbocycles. The smallest absolute Gasteiger partial charge is 0.216 e. The van der Waals surface area contributed by atoms with Crippen molar-refractivity contribution in [3.8, 4) is 0 Å². The molecular weight excluding hydrogens is 443 g/mol. The lowest BCUT2D eigenvalue weighted by Crippen LogP contribution is -2.44. The van der Waals surface area contributed by atoms with Crippen LogP contribution in [0.5, 0.6) is 0 Å². The molecule has 3 rings (SSSR count). The van der Waals surface area contributed by atoms with Crippen molar-refractivity contribution in [1.29, 1.82) is 0 Å². The Labute approximate surface area is 172 Å². The van der Waals surface area contributed by atoms with Crippen molar-refractivity contribution < 1.29 is 8.83 Å². The molecule has 0 atom stereocenters. The molecule has 2 aromatic rings. The number of hydrogen-bond acceptors (Lipinski definition) is 4. The summed E-state index contributed by atoms with van der Waals surface area (Å²) in [4.78, 5) is 9.07. The molecule has 0 amide bonds. The molecule has 144 valence electrons. The van der Waals surface area contributed by atoms with E-state index in [0.717, 1.165) is 36.1 Å².